The van der Waals surface area contributed by atoms with Gasteiger partial charge in [0.2, 0.25) is 0 Å². The van der Waals surface area contributed by atoms with E-state index in [-0.39, 0.29) is 24.0 Å². The summed E-state index contributed by atoms with van der Waals surface area (Å²) in [6.07, 6.45) is 0.719. The average Bonchev–Trinajstić information content (AvgIpc) is 2.48. The third kappa shape index (κ3) is 4.70. The SMILES string of the molecule is COC(=O)[C@H]1CCN(C(=O)OC(C)(C)C)CC[C@H]1N. The Kier molecular flexibility index (Phi) is 5.17. The highest BCUT2D eigenvalue weighted by atomic mass is 16.6. The molecular formula is C13H24N2O4. The number of nitrogens with zero attached hydrogens (tertiary/aromatic N) is 1. The van der Waals surface area contributed by atoms with E-state index in [1.807, 2.05) is 20.8 Å². The Morgan fingerprint density at radius 1 is 1.21 bits per heavy atom. The number of hydrogen-bond donors (Lipinski definition) is 1. The normalized spacial score (nSPS) is 24.6. The Labute approximate surface area is 114 Å². The molecule has 1 fully saturated rings. The molecule has 0 bridgehead atoms. The van der Waals surface area contributed by atoms with Crippen molar-refractivity contribution < 1.29 is 19.1 Å². The van der Waals surface area contributed by atoms with Crippen LogP contribution in [-0.2, 0) is 14.3 Å². The van der Waals surface area contributed by atoms with Gasteiger partial charge in [-0.05, 0) is 33.6 Å². The lowest BCUT2D eigenvalue weighted by Crippen LogP contribution is -2.37. The Hall–Kier alpha value is -1.30. The molecule has 1 rings (SSSR count). The molecule has 0 radical (unpaired) electrons. The lowest BCUT2D eigenvalue weighted by molar-refractivity contribution is -0.146. The Morgan fingerprint density at radius 3 is 2.32 bits per heavy atom. The number of rotatable bonds is 1. The third-order valence-electron chi connectivity index (χ3n) is 3.11. The van der Waals surface area contributed by atoms with E-state index in [4.69, 9.17) is 15.2 Å². The zero-order chi connectivity index (χ0) is 14.6. The maximum atomic E-state index is 12.0. The lowest BCUT2D eigenvalue weighted by atomic mass is 9.96. The number of methoxy groups -OCH3 is 1. The smallest absolute Gasteiger partial charge is 0.410 e. The van der Waals surface area contributed by atoms with Gasteiger partial charge in [0.1, 0.15) is 5.60 Å². The van der Waals surface area contributed by atoms with E-state index in [2.05, 4.69) is 0 Å². The highest BCUT2D eigenvalue weighted by Crippen LogP contribution is 2.20. The zero-order valence-corrected chi connectivity index (χ0v) is 12.1. The van der Waals surface area contributed by atoms with Crippen LogP contribution < -0.4 is 5.73 Å². The standard InChI is InChI=1S/C13H24N2O4/c1-13(2,3)19-12(17)15-7-5-9(11(16)18-4)10(14)6-8-15/h9-10H,5-8,14H2,1-4H3/t9-,10+/m0/s1. The van der Waals surface area contributed by atoms with Crippen molar-refractivity contribution >= 4 is 12.1 Å². The quantitative estimate of drug-likeness (QED) is 0.724. The number of carbonyl (C=O) groups excluding carboxylic acids is 2. The van der Waals surface area contributed by atoms with Crippen LogP contribution in [-0.4, -0.2) is 48.8 Å². The first kappa shape index (κ1) is 15.8. The fourth-order valence-corrected chi connectivity index (χ4v) is 2.08. The van der Waals surface area contributed by atoms with Crippen molar-refractivity contribution in [3.05, 3.63) is 0 Å². The van der Waals surface area contributed by atoms with Crippen LogP contribution in [0.2, 0.25) is 0 Å². The van der Waals surface area contributed by atoms with Gasteiger partial charge in [-0.3, -0.25) is 4.79 Å². The van der Waals surface area contributed by atoms with Gasteiger partial charge in [-0.1, -0.05) is 0 Å². The minimum Gasteiger partial charge on any atom is -0.469 e. The summed E-state index contributed by atoms with van der Waals surface area (Å²) in [4.78, 5) is 25.2. The topological polar surface area (TPSA) is 81.9 Å². The summed E-state index contributed by atoms with van der Waals surface area (Å²) in [5, 5.41) is 0. The molecule has 0 aliphatic carbocycles. The van der Waals surface area contributed by atoms with E-state index in [1.165, 1.54) is 7.11 Å². The molecule has 19 heavy (non-hydrogen) atoms. The molecule has 1 heterocycles. The fraction of sp³-hybridized carbons (Fsp3) is 0.846. The molecule has 2 N–H and O–H groups in total. The molecule has 110 valence electrons. The molecule has 0 spiro atoms. The zero-order valence-electron chi connectivity index (χ0n) is 12.1. The van der Waals surface area contributed by atoms with Crippen molar-refractivity contribution in [3.8, 4) is 0 Å². The summed E-state index contributed by atoms with van der Waals surface area (Å²) in [6.45, 7) is 6.44. The van der Waals surface area contributed by atoms with Gasteiger partial charge in [0.25, 0.3) is 0 Å². The van der Waals surface area contributed by atoms with E-state index in [0.717, 1.165) is 0 Å². The number of likely N-dealkylation sites (tertiary alicyclic amines) is 1. The molecule has 1 aliphatic rings. The summed E-state index contributed by atoms with van der Waals surface area (Å²) in [5.74, 6) is -0.657. The summed E-state index contributed by atoms with van der Waals surface area (Å²) in [5.41, 5.74) is 5.44. The van der Waals surface area contributed by atoms with Crippen LogP contribution in [0.25, 0.3) is 0 Å². The number of hydrogen-bond acceptors (Lipinski definition) is 5. The summed E-state index contributed by atoms with van der Waals surface area (Å²) in [6, 6.07) is -0.278. The average molecular weight is 272 g/mol. The van der Waals surface area contributed by atoms with Gasteiger partial charge in [0, 0.05) is 19.1 Å². The molecule has 1 aliphatic heterocycles. The first-order valence-corrected chi connectivity index (χ1v) is 6.56. The molecule has 0 saturated carbocycles. The van der Waals surface area contributed by atoms with Crippen LogP contribution >= 0.6 is 0 Å². The summed E-state index contributed by atoms with van der Waals surface area (Å²) in [7, 11) is 1.35. The van der Waals surface area contributed by atoms with E-state index in [9.17, 15) is 9.59 Å². The summed E-state index contributed by atoms with van der Waals surface area (Å²) < 4.78 is 10.1. The molecule has 6 heteroatoms. The Balaban J connectivity index is 2.62. The molecular weight excluding hydrogens is 248 g/mol. The van der Waals surface area contributed by atoms with E-state index in [1.54, 1.807) is 4.90 Å². The van der Waals surface area contributed by atoms with Crippen molar-refractivity contribution in [2.75, 3.05) is 20.2 Å². The number of carbonyl (C=O) groups is 2. The van der Waals surface area contributed by atoms with Gasteiger partial charge in [-0.15, -0.1) is 0 Å². The van der Waals surface area contributed by atoms with Crippen LogP contribution in [0.15, 0.2) is 0 Å². The first-order valence-electron chi connectivity index (χ1n) is 6.56. The van der Waals surface area contributed by atoms with E-state index in [0.29, 0.717) is 25.9 Å². The Bertz CT molecular complexity index is 338. The van der Waals surface area contributed by atoms with Crippen molar-refractivity contribution in [2.24, 2.45) is 11.7 Å². The number of ether oxygens (including phenoxy) is 2. The maximum Gasteiger partial charge on any atom is 0.410 e. The van der Waals surface area contributed by atoms with Crippen LogP contribution in [0.1, 0.15) is 33.6 Å². The number of nitrogens with two attached hydrogens (primary N) is 1. The van der Waals surface area contributed by atoms with Gasteiger partial charge >= 0.3 is 12.1 Å². The van der Waals surface area contributed by atoms with Gasteiger partial charge in [0.05, 0.1) is 13.0 Å². The molecule has 0 aromatic heterocycles. The number of amides is 1. The minimum atomic E-state index is -0.521. The van der Waals surface area contributed by atoms with Crippen molar-refractivity contribution in [1.29, 1.82) is 0 Å². The second-order valence-corrected chi connectivity index (χ2v) is 5.84. The molecule has 0 aromatic carbocycles. The van der Waals surface area contributed by atoms with Gasteiger partial charge in [-0.25, -0.2) is 4.79 Å². The number of esters is 1. The Morgan fingerprint density at radius 2 is 1.79 bits per heavy atom. The van der Waals surface area contributed by atoms with Gasteiger partial charge < -0.3 is 20.1 Å². The predicted molar refractivity (Wildman–Crippen MR) is 70.5 cm³/mol. The molecule has 2 atom stereocenters. The van der Waals surface area contributed by atoms with Gasteiger partial charge in [0.15, 0.2) is 0 Å². The van der Waals surface area contributed by atoms with E-state index < -0.39 is 5.60 Å². The second-order valence-electron chi connectivity index (χ2n) is 5.84. The highest BCUT2D eigenvalue weighted by molar-refractivity contribution is 5.73. The lowest BCUT2D eigenvalue weighted by Gasteiger charge is -2.26. The summed E-state index contributed by atoms with van der Waals surface area (Å²) >= 11 is 0. The van der Waals surface area contributed by atoms with Crippen LogP contribution in [0.4, 0.5) is 4.79 Å². The van der Waals surface area contributed by atoms with Crippen molar-refractivity contribution in [3.63, 3.8) is 0 Å². The first-order chi connectivity index (χ1) is 8.74. The van der Waals surface area contributed by atoms with E-state index >= 15 is 0 Å². The monoisotopic (exact) mass is 272 g/mol. The van der Waals surface area contributed by atoms with Gasteiger partial charge in [-0.2, -0.15) is 0 Å². The highest BCUT2D eigenvalue weighted by Gasteiger charge is 2.32. The molecule has 6 nitrogen and oxygen atoms in total. The van der Waals surface area contributed by atoms with Crippen molar-refractivity contribution in [2.45, 2.75) is 45.3 Å². The van der Waals surface area contributed by atoms with Crippen LogP contribution in [0.5, 0.6) is 0 Å². The molecule has 0 unspecified atom stereocenters. The van der Waals surface area contributed by atoms with Crippen molar-refractivity contribution in [1.82, 2.24) is 4.90 Å². The fourth-order valence-electron chi connectivity index (χ4n) is 2.08. The maximum absolute atomic E-state index is 12.0. The largest absolute Gasteiger partial charge is 0.469 e. The third-order valence-corrected chi connectivity index (χ3v) is 3.11. The van der Waals surface area contributed by atoms with Crippen LogP contribution in [0.3, 0.4) is 0 Å². The molecule has 0 aromatic rings. The molecule has 1 amide bonds. The van der Waals surface area contributed by atoms with Crippen LogP contribution in [0, 0.1) is 5.92 Å². The predicted octanol–water partition coefficient (Wildman–Crippen LogP) is 1.13. The minimum absolute atomic E-state index is 0.278. The molecule has 1 saturated heterocycles. The second kappa shape index (κ2) is 6.23.